The van der Waals surface area contributed by atoms with Crippen molar-refractivity contribution in [1.29, 1.82) is 0 Å². The maximum absolute atomic E-state index is 12.9. The van der Waals surface area contributed by atoms with Gasteiger partial charge >= 0.3 is 0 Å². The van der Waals surface area contributed by atoms with Crippen LogP contribution in [-0.4, -0.2) is 29.9 Å². The number of amides is 2. The second-order valence-electron chi connectivity index (χ2n) is 8.84. The third-order valence-electron chi connectivity index (χ3n) is 6.64. The number of carbonyl (C=O) groups excluding carboxylic acids is 2. The minimum absolute atomic E-state index is 0.0133. The zero-order valence-electron chi connectivity index (χ0n) is 18.6. The number of anilines is 2. The number of benzene rings is 2. The number of hydrogen-bond acceptors (Lipinski definition) is 5. The fourth-order valence-electron chi connectivity index (χ4n) is 4.43. The number of fused-ring (bicyclic) bond motifs is 1. The van der Waals surface area contributed by atoms with Crippen LogP contribution in [0.5, 0.6) is 0 Å². The van der Waals surface area contributed by atoms with Gasteiger partial charge in [-0.15, -0.1) is 0 Å². The Kier molecular flexibility index (Phi) is 5.98. The molecule has 5 N–H and O–H groups in total. The zero-order valence-corrected chi connectivity index (χ0v) is 19.4. The van der Waals surface area contributed by atoms with Crippen molar-refractivity contribution in [2.75, 3.05) is 23.7 Å². The van der Waals surface area contributed by atoms with Crippen LogP contribution >= 0.6 is 11.6 Å². The highest BCUT2D eigenvalue weighted by Crippen LogP contribution is 2.48. The van der Waals surface area contributed by atoms with Crippen molar-refractivity contribution in [1.82, 2.24) is 10.3 Å². The van der Waals surface area contributed by atoms with E-state index in [4.69, 9.17) is 17.3 Å². The average molecular weight is 476 g/mol. The molecule has 1 aliphatic heterocycles. The highest BCUT2D eigenvalue weighted by molar-refractivity contribution is 6.30. The van der Waals surface area contributed by atoms with Gasteiger partial charge in [-0.1, -0.05) is 35.9 Å². The largest absolute Gasteiger partial charge is 0.369 e. The summed E-state index contributed by atoms with van der Waals surface area (Å²) >= 11 is 5.98. The third kappa shape index (κ3) is 4.36. The third-order valence-corrected chi connectivity index (χ3v) is 6.89. The van der Waals surface area contributed by atoms with Gasteiger partial charge in [-0.2, -0.15) is 0 Å². The van der Waals surface area contributed by atoms with Crippen LogP contribution in [0.3, 0.4) is 0 Å². The number of nitrogens with zero attached hydrogens (tertiary/aromatic N) is 1. The molecular formula is C26H26ClN5O2. The maximum Gasteiger partial charge on any atom is 0.255 e. The average Bonchev–Trinajstić information content (AvgIpc) is 3.52. The van der Waals surface area contributed by atoms with Crippen molar-refractivity contribution in [3.05, 3.63) is 88.1 Å². The van der Waals surface area contributed by atoms with Crippen molar-refractivity contribution in [2.45, 2.75) is 30.7 Å². The Balaban J connectivity index is 1.18. The monoisotopic (exact) mass is 475 g/mol. The van der Waals surface area contributed by atoms with Gasteiger partial charge in [0.25, 0.3) is 5.91 Å². The molecule has 34 heavy (non-hydrogen) atoms. The molecule has 0 radical (unpaired) electrons. The maximum atomic E-state index is 12.9. The summed E-state index contributed by atoms with van der Waals surface area (Å²) in [4.78, 5) is 29.9. The van der Waals surface area contributed by atoms with Crippen molar-refractivity contribution in [2.24, 2.45) is 5.73 Å². The van der Waals surface area contributed by atoms with Crippen LogP contribution in [0.2, 0.25) is 5.02 Å². The lowest BCUT2D eigenvalue weighted by Crippen LogP contribution is -2.38. The molecule has 0 saturated heterocycles. The lowest BCUT2D eigenvalue weighted by molar-refractivity contribution is -0.123. The Labute approximate surface area is 203 Å². The van der Waals surface area contributed by atoms with Crippen LogP contribution in [0.1, 0.15) is 45.9 Å². The molecule has 1 aromatic heterocycles. The lowest BCUT2D eigenvalue weighted by Gasteiger charge is -2.19. The Morgan fingerprint density at radius 3 is 2.53 bits per heavy atom. The Morgan fingerprint density at radius 2 is 1.82 bits per heavy atom. The van der Waals surface area contributed by atoms with Crippen molar-refractivity contribution in [3.63, 3.8) is 0 Å². The zero-order chi connectivity index (χ0) is 23.7. The number of nitrogens with two attached hydrogens (primary N) is 1. The first-order valence-electron chi connectivity index (χ1n) is 11.4. The van der Waals surface area contributed by atoms with Gasteiger partial charge in [-0.3, -0.25) is 9.59 Å². The molecular weight excluding hydrogens is 450 g/mol. The summed E-state index contributed by atoms with van der Waals surface area (Å²) in [5.41, 5.74) is 10.0. The minimum Gasteiger partial charge on any atom is -0.369 e. The number of aromatic nitrogens is 1. The summed E-state index contributed by atoms with van der Waals surface area (Å²) in [6.07, 6.45) is 4.14. The summed E-state index contributed by atoms with van der Waals surface area (Å²) in [6, 6.07) is 16.0. The molecule has 1 unspecified atom stereocenters. The first kappa shape index (κ1) is 22.4. The summed E-state index contributed by atoms with van der Waals surface area (Å²) < 4.78 is 0. The molecule has 1 saturated carbocycles. The fraction of sp³-hybridized carbons (Fsp3) is 0.269. The predicted molar refractivity (Wildman–Crippen MR) is 133 cm³/mol. The van der Waals surface area contributed by atoms with E-state index in [1.54, 1.807) is 18.3 Å². The second-order valence-corrected chi connectivity index (χ2v) is 9.28. The smallest absolute Gasteiger partial charge is 0.255 e. The number of nitrogens with one attached hydrogen (secondary N) is 3. The quantitative estimate of drug-likeness (QED) is 0.415. The second kappa shape index (κ2) is 9.08. The molecule has 7 nitrogen and oxygen atoms in total. The highest BCUT2D eigenvalue weighted by atomic mass is 35.5. The molecule has 2 aliphatic rings. The van der Waals surface area contributed by atoms with Crippen LogP contribution in [0.4, 0.5) is 11.5 Å². The van der Waals surface area contributed by atoms with E-state index in [1.165, 1.54) is 0 Å². The molecule has 1 atom stereocenters. The van der Waals surface area contributed by atoms with Crippen LogP contribution in [0.25, 0.3) is 0 Å². The van der Waals surface area contributed by atoms with Crippen LogP contribution in [0, 0.1) is 0 Å². The topological polar surface area (TPSA) is 109 Å². The molecule has 1 fully saturated rings. The minimum atomic E-state index is -0.477. The van der Waals surface area contributed by atoms with E-state index in [0.29, 0.717) is 17.1 Å². The summed E-state index contributed by atoms with van der Waals surface area (Å²) in [5.74, 6) is 0.623. The summed E-state index contributed by atoms with van der Waals surface area (Å²) in [6.45, 7) is 1.13. The molecule has 3 aromatic rings. The first-order valence-corrected chi connectivity index (χ1v) is 11.8. The lowest BCUT2D eigenvalue weighted by atomic mass is 9.95. The van der Waals surface area contributed by atoms with Gasteiger partial charge in [0.05, 0.1) is 5.41 Å². The first-order chi connectivity index (χ1) is 16.5. The molecule has 2 amide bonds. The molecule has 5 rings (SSSR count). The number of pyridine rings is 1. The van der Waals surface area contributed by atoms with Crippen LogP contribution < -0.4 is 21.7 Å². The van der Waals surface area contributed by atoms with Gasteiger partial charge in [0.1, 0.15) is 5.82 Å². The fourth-order valence-corrected chi connectivity index (χ4v) is 4.55. The van der Waals surface area contributed by atoms with Crippen LogP contribution in [-0.2, 0) is 16.6 Å². The molecule has 2 aromatic carbocycles. The standard InChI is InChI=1S/C26H26ClN5O2/c27-19-7-5-18(6-8-19)26(11-12-26)25(34)31-15-21(28)16-1-3-17(4-2-16)24(33)32-22-10-14-30-23-20(22)9-13-29-23/h1-8,10,14,21H,9,11-13,15,28H2,(H,31,34)(H2,29,30,32,33). The normalized spacial score (nSPS) is 16.2. The Hall–Kier alpha value is -3.42. The van der Waals surface area contributed by atoms with Crippen molar-refractivity contribution < 1.29 is 9.59 Å². The van der Waals surface area contributed by atoms with Gasteiger partial charge in [0, 0.05) is 47.2 Å². The summed E-state index contributed by atoms with van der Waals surface area (Å²) in [5, 5.41) is 9.84. The summed E-state index contributed by atoms with van der Waals surface area (Å²) in [7, 11) is 0. The van der Waals surface area contributed by atoms with Gasteiger partial charge in [0.2, 0.25) is 5.91 Å². The Morgan fingerprint density at radius 1 is 1.09 bits per heavy atom. The molecule has 1 aliphatic carbocycles. The molecule has 0 spiro atoms. The van der Waals surface area contributed by atoms with Crippen molar-refractivity contribution >= 4 is 34.9 Å². The van der Waals surface area contributed by atoms with E-state index in [0.717, 1.165) is 54.0 Å². The number of halogens is 1. The number of rotatable bonds is 7. The van der Waals surface area contributed by atoms with Gasteiger partial charge in [-0.05, 0) is 60.7 Å². The van der Waals surface area contributed by atoms with E-state index in [1.807, 2.05) is 42.5 Å². The van der Waals surface area contributed by atoms with Crippen molar-refractivity contribution in [3.8, 4) is 0 Å². The van der Waals surface area contributed by atoms with Crippen LogP contribution in [0.15, 0.2) is 60.8 Å². The molecule has 0 bridgehead atoms. The number of hydrogen-bond donors (Lipinski definition) is 4. The van der Waals surface area contributed by atoms with E-state index < -0.39 is 5.41 Å². The van der Waals surface area contributed by atoms with E-state index in [2.05, 4.69) is 20.9 Å². The SMILES string of the molecule is NC(CNC(=O)C1(c2ccc(Cl)cc2)CC1)c1ccc(C(=O)Nc2ccnc3c2CCN3)cc1. The van der Waals surface area contributed by atoms with E-state index in [9.17, 15) is 9.59 Å². The van der Waals surface area contributed by atoms with E-state index >= 15 is 0 Å². The number of carbonyl (C=O) groups is 2. The highest BCUT2D eigenvalue weighted by Gasteiger charge is 2.51. The van der Waals surface area contributed by atoms with Gasteiger partial charge < -0.3 is 21.7 Å². The predicted octanol–water partition coefficient (Wildman–Crippen LogP) is 3.80. The van der Waals surface area contributed by atoms with E-state index in [-0.39, 0.29) is 17.9 Å². The molecule has 8 heteroatoms. The van der Waals surface area contributed by atoms with Gasteiger partial charge in [-0.25, -0.2) is 4.98 Å². The molecule has 2 heterocycles. The van der Waals surface area contributed by atoms with Gasteiger partial charge in [0.15, 0.2) is 0 Å². The Bertz CT molecular complexity index is 1220. The molecule has 174 valence electrons.